The molecule has 36 heavy (non-hydrogen) atoms. The zero-order chi connectivity index (χ0) is 25.8. The monoisotopic (exact) mass is 520 g/mol. The normalized spacial score (nSPS) is 17.2. The van der Waals surface area contributed by atoms with Gasteiger partial charge in [0.25, 0.3) is 23.5 Å². The highest BCUT2D eigenvalue weighted by molar-refractivity contribution is 6.44. The SMILES string of the molecule is Cc1c(C(=O)C(=O)NC2(c3cn[nH]n3)CC(F)(F)C2)c2n(c1C(=O)Nc1ccc(F)c(Cl)c1)CCC2. The molecule has 0 unspecified atom stereocenters. The van der Waals surface area contributed by atoms with Crippen molar-refractivity contribution in [2.45, 2.75) is 50.6 Å². The maximum absolute atomic E-state index is 13.8. The molecule has 2 aliphatic rings. The van der Waals surface area contributed by atoms with E-state index in [1.807, 2.05) is 0 Å². The third-order valence-electron chi connectivity index (χ3n) is 6.61. The maximum atomic E-state index is 13.8. The van der Waals surface area contributed by atoms with Gasteiger partial charge in [0, 0.05) is 30.8 Å². The Labute approximate surface area is 207 Å². The number of Topliss-reactive ketones (excluding diaryl/α,β-unsaturated/α-hetero) is 1. The van der Waals surface area contributed by atoms with Crippen LogP contribution in [0.4, 0.5) is 18.9 Å². The summed E-state index contributed by atoms with van der Waals surface area (Å²) in [7, 11) is 0. The number of rotatable bonds is 6. The second-order valence-electron chi connectivity index (χ2n) is 9.06. The fourth-order valence-electron chi connectivity index (χ4n) is 5.06. The van der Waals surface area contributed by atoms with E-state index in [1.165, 1.54) is 18.3 Å². The Morgan fingerprint density at radius 1 is 1.22 bits per heavy atom. The number of amides is 2. The molecule has 1 aliphatic heterocycles. The fourth-order valence-corrected chi connectivity index (χ4v) is 5.24. The fraction of sp³-hybridized carbons (Fsp3) is 0.348. The van der Waals surface area contributed by atoms with Crippen LogP contribution in [0, 0.1) is 12.7 Å². The lowest BCUT2D eigenvalue weighted by Crippen LogP contribution is -2.61. The molecule has 13 heteroatoms. The molecule has 188 valence electrons. The summed E-state index contributed by atoms with van der Waals surface area (Å²) in [4.78, 5) is 39.5. The van der Waals surface area contributed by atoms with Crippen molar-refractivity contribution in [3.05, 3.63) is 63.4 Å². The van der Waals surface area contributed by atoms with E-state index in [4.69, 9.17) is 11.6 Å². The Balaban J connectivity index is 1.43. The smallest absolute Gasteiger partial charge is 0.293 e. The molecule has 5 rings (SSSR count). The number of anilines is 1. The molecule has 2 amide bonds. The van der Waals surface area contributed by atoms with E-state index in [2.05, 4.69) is 26.0 Å². The van der Waals surface area contributed by atoms with Crippen molar-refractivity contribution in [3.8, 4) is 0 Å². The average molecular weight is 521 g/mol. The third-order valence-corrected chi connectivity index (χ3v) is 6.90. The number of fused-ring (bicyclic) bond motifs is 1. The van der Waals surface area contributed by atoms with Gasteiger partial charge in [0.05, 0.1) is 22.3 Å². The number of hydrogen-bond donors (Lipinski definition) is 3. The molecule has 0 atom stereocenters. The molecule has 1 aromatic carbocycles. The molecule has 1 saturated carbocycles. The summed E-state index contributed by atoms with van der Waals surface area (Å²) in [5, 5.41) is 14.7. The van der Waals surface area contributed by atoms with Crippen molar-refractivity contribution in [1.82, 2.24) is 25.3 Å². The number of nitrogens with one attached hydrogen (secondary N) is 3. The van der Waals surface area contributed by atoms with Gasteiger partial charge in [-0.1, -0.05) is 11.6 Å². The van der Waals surface area contributed by atoms with Crippen molar-refractivity contribution >= 4 is 34.9 Å². The maximum Gasteiger partial charge on any atom is 0.293 e. The first kappa shape index (κ1) is 24.0. The molecule has 3 heterocycles. The summed E-state index contributed by atoms with van der Waals surface area (Å²) in [6.07, 6.45) is 0.899. The van der Waals surface area contributed by atoms with E-state index < -0.39 is 47.7 Å². The van der Waals surface area contributed by atoms with Gasteiger partial charge in [0.1, 0.15) is 17.2 Å². The van der Waals surface area contributed by atoms with E-state index in [-0.39, 0.29) is 33.2 Å². The standard InChI is InChI=1S/C23H20ClF3N6O3/c1-11-17(19(34)21(36)30-22(9-23(26,27)10-22)16-8-28-32-31-16)15-3-2-6-33(15)18(11)20(35)29-12-4-5-14(25)13(24)7-12/h4-5,7-8H,2-3,6,9-10H2,1H3,(H,29,35)(H,30,36)(H,28,31,32). The number of carbonyl (C=O) groups is 3. The van der Waals surface area contributed by atoms with Crippen LogP contribution in [0.1, 0.15) is 57.1 Å². The van der Waals surface area contributed by atoms with Gasteiger partial charge in [0.2, 0.25) is 0 Å². The minimum absolute atomic E-state index is 0.0636. The molecule has 3 aromatic rings. The van der Waals surface area contributed by atoms with Gasteiger partial charge >= 0.3 is 0 Å². The van der Waals surface area contributed by atoms with Crippen LogP contribution in [0.15, 0.2) is 24.4 Å². The molecule has 2 aromatic heterocycles. The molecule has 3 N–H and O–H groups in total. The lowest BCUT2D eigenvalue weighted by atomic mass is 9.71. The molecule has 1 aliphatic carbocycles. The lowest BCUT2D eigenvalue weighted by Gasteiger charge is -2.46. The topological polar surface area (TPSA) is 122 Å². The van der Waals surface area contributed by atoms with Crippen LogP contribution in [-0.2, 0) is 23.3 Å². The zero-order valence-electron chi connectivity index (χ0n) is 18.9. The number of H-pyrrole nitrogens is 1. The molecule has 0 spiro atoms. The van der Waals surface area contributed by atoms with Crippen LogP contribution in [-0.4, -0.2) is 43.5 Å². The number of aromatic amines is 1. The van der Waals surface area contributed by atoms with Gasteiger partial charge in [-0.15, -0.1) is 0 Å². The first-order valence-corrected chi connectivity index (χ1v) is 11.5. The highest BCUT2D eigenvalue weighted by atomic mass is 35.5. The van der Waals surface area contributed by atoms with Crippen molar-refractivity contribution in [2.24, 2.45) is 0 Å². The van der Waals surface area contributed by atoms with Gasteiger partial charge in [-0.2, -0.15) is 15.4 Å². The predicted octanol–water partition coefficient (Wildman–Crippen LogP) is 3.53. The summed E-state index contributed by atoms with van der Waals surface area (Å²) in [6, 6.07) is 3.72. The van der Waals surface area contributed by atoms with Gasteiger partial charge in [0.15, 0.2) is 0 Å². The Hall–Kier alpha value is -3.67. The second-order valence-corrected chi connectivity index (χ2v) is 9.47. The minimum atomic E-state index is -3.02. The Bertz CT molecular complexity index is 1390. The lowest BCUT2D eigenvalue weighted by molar-refractivity contribution is -0.148. The van der Waals surface area contributed by atoms with Crippen LogP contribution in [0.3, 0.4) is 0 Å². The van der Waals surface area contributed by atoms with Gasteiger partial charge in [-0.25, -0.2) is 13.2 Å². The van der Waals surface area contributed by atoms with Crippen LogP contribution < -0.4 is 10.6 Å². The number of halogens is 4. The van der Waals surface area contributed by atoms with Gasteiger partial charge in [-0.05, 0) is 43.5 Å². The van der Waals surface area contributed by atoms with Crippen LogP contribution >= 0.6 is 11.6 Å². The molecule has 0 radical (unpaired) electrons. The van der Waals surface area contributed by atoms with Crippen LogP contribution in [0.25, 0.3) is 0 Å². The first-order valence-electron chi connectivity index (χ1n) is 11.1. The predicted molar refractivity (Wildman–Crippen MR) is 122 cm³/mol. The Morgan fingerprint density at radius 2 is 1.97 bits per heavy atom. The van der Waals surface area contributed by atoms with E-state index >= 15 is 0 Å². The second kappa shape index (κ2) is 8.47. The molecule has 9 nitrogen and oxygen atoms in total. The molecular formula is C23H20ClF3N6O3. The molecule has 0 saturated heterocycles. The average Bonchev–Trinajstić information content (AvgIpc) is 3.52. The van der Waals surface area contributed by atoms with Crippen molar-refractivity contribution in [2.75, 3.05) is 5.32 Å². The zero-order valence-corrected chi connectivity index (χ0v) is 19.7. The summed E-state index contributed by atoms with van der Waals surface area (Å²) < 4.78 is 42.7. The van der Waals surface area contributed by atoms with E-state index in [0.717, 1.165) is 6.07 Å². The number of hydrogen-bond acceptors (Lipinski definition) is 5. The first-order chi connectivity index (χ1) is 17.0. The van der Waals surface area contributed by atoms with Gasteiger partial charge < -0.3 is 15.2 Å². The largest absolute Gasteiger partial charge is 0.340 e. The number of carbonyl (C=O) groups excluding carboxylic acids is 3. The summed E-state index contributed by atoms with van der Waals surface area (Å²) in [6.45, 7) is 2.00. The Kier molecular flexibility index (Phi) is 5.66. The number of alkyl halides is 2. The number of benzene rings is 1. The third kappa shape index (κ3) is 3.94. The highest BCUT2D eigenvalue weighted by Gasteiger charge is 2.60. The molecule has 1 fully saturated rings. The molecular weight excluding hydrogens is 501 g/mol. The van der Waals surface area contributed by atoms with Crippen LogP contribution in [0.5, 0.6) is 0 Å². The van der Waals surface area contributed by atoms with E-state index in [1.54, 1.807) is 11.5 Å². The number of ketones is 1. The van der Waals surface area contributed by atoms with Crippen LogP contribution in [0.2, 0.25) is 5.02 Å². The minimum Gasteiger partial charge on any atom is -0.340 e. The van der Waals surface area contributed by atoms with Crippen molar-refractivity contribution in [3.63, 3.8) is 0 Å². The van der Waals surface area contributed by atoms with Crippen molar-refractivity contribution < 1.29 is 27.6 Å². The van der Waals surface area contributed by atoms with Crippen molar-refractivity contribution in [1.29, 1.82) is 0 Å². The van der Waals surface area contributed by atoms with Gasteiger partial charge in [-0.3, -0.25) is 14.4 Å². The Morgan fingerprint density at radius 3 is 2.61 bits per heavy atom. The van der Waals surface area contributed by atoms with E-state index in [9.17, 15) is 27.6 Å². The summed E-state index contributed by atoms with van der Waals surface area (Å²) >= 11 is 5.80. The highest BCUT2D eigenvalue weighted by Crippen LogP contribution is 2.51. The van der Waals surface area contributed by atoms with E-state index in [0.29, 0.717) is 25.1 Å². The molecule has 0 bridgehead atoms. The number of nitrogens with zero attached hydrogens (tertiary/aromatic N) is 3. The summed E-state index contributed by atoms with van der Waals surface area (Å²) in [5.41, 5.74) is -0.123. The quantitative estimate of drug-likeness (QED) is 0.339. The number of aromatic nitrogens is 4. The summed E-state index contributed by atoms with van der Waals surface area (Å²) in [5.74, 6) is -6.22.